The first-order valence-corrected chi connectivity index (χ1v) is 7.60. The maximum Gasteiger partial charge on any atom is 0.287 e. The van der Waals surface area contributed by atoms with Crippen LogP contribution in [0.4, 0.5) is 11.4 Å². The summed E-state index contributed by atoms with van der Waals surface area (Å²) in [4.78, 5) is 25.7. The van der Waals surface area contributed by atoms with Crippen LogP contribution in [0.25, 0.3) is 0 Å². The molecule has 122 valence electrons. The number of furan rings is 1. The Morgan fingerprint density at radius 3 is 2.35 bits per heavy atom. The minimum atomic E-state index is -0.415. The van der Waals surface area contributed by atoms with Gasteiger partial charge in [0.25, 0.3) is 5.91 Å². The van der Waals surface area contributed by atoms with Gasteiger partial charge < -0.3 is 20.0 Å². The summed E-state index contributed by atoms with van der Waals surface area (Å²) >= 11 is 0. The van der Waals surface area contributed by atoms with Crippen LogP contribution in [0, 0.1) is 0 Å². The molecule has 1 aromatic carbocycles. The fraction of sp³-hybridized carbons (Fsp3) is 0.294. The number of rotatable bonds is 7. The molecule has 0 radical (unpaired) electrons. The average Bonchev–Trinajstić information content (AvgIpc) is 3.10. The van der Waals surface area contributed by atoms with E-state index < -0.39 is 5.91 Å². The summed E-state index contributed by atoms with van der Waals surface area (Å²) in [5.74, 6) is -0.524. The van der Waals surface area contributed by atoms with E-state index in [0.29, 0.717) is 5.69 Å². The second-order valence-electron chi connectivity index (χ2n) is 4.93. The molecule has 6 nitrogen and oxygen atoms in total. The van der Waals surface area contributed by atoms with Gasteiger partial charge in [0.05, 0.1) is 12.8 Å². The van der Waals surface area contributed by atoms with Gasteiger partial charge in [0.1, 0.15) is 0 Å². The Morgan fingerprint density at radius 2 is 1.78 bits per heavy atom. The molecule has 2 aromatic rings. The lowest BCUT2D eigenvalue weighted by atomic mass is 10.2. The number of hydrogen-bond donors (Lipinski definition) is 2. The van der Waals surface area contributed by atoms with E-state index in [2.05, 4.69) is 29.4 Å². The third-order valence-corrected chi connectivity index (χ3v) is 3.43. The van der Waals surface area contributed by atoms with Crippen LogP contribution in [0.15, 0.2) is 47.1 Å². The maximum absolute atomic E-state index is 11.9. The van der Waals surface area contributed by atoms with E-state index in [1.165, 1.54) is 6.26 Å². The van der Waals surface area contributed by atoms with Gasteiger partial charge in [0.15, 0.2) is 5.76 Å². The molecule has 0 saturated carbocycles. The van der Waals surface area contributed by atoms with Gasteiger partial charge in [-0.05, 0) is 50.2 Å². The monoisotopic (exact) mass is 315 g/mol. The van der Waals surface area contributed by atoms with E-state index in [4.69, 9.17) is 4.42 Å². The molecule has 0 saturated heterocycles. The molecule has 23 heavy (non-hydrogen) atoms. The fourth-order valence-corrected chi connectivity index (χ4v) is 2.20. The van der Waals surface area contributed by atoms with Crippen molar-refractivity contribution in [3.05, 3.63) is 48.4 Å². The zero-order valence-corrected chi connectivity index (χ0v) is 13.3. The molecule has 0 atom stereocenters. The van der Waals surface area contributed by atoms with Crippen molar-refractivity contribution in [1.29, 1.82) is 0 Å². The van der Waals surface area contributed by atoms with Gasteiger partial charge in [-0.3, -0.25) is 9.59 Å². The summed E-state index contributed by atoms with van der Waals surface area (Å²) in [7, 11) is 0. The fourth-order valence-electron chi connectivity index (χ4n) is 2.20. The topological polar surface area (TPSA) is 74.6 Å². The predicted molar refractivity (Wildman–Crippen MR) is 89.7 cm³/mol. The second kappa shape index (κ2) is 8.03. The van der Waals surface area contributed by atoms with E-state index in [1.807, 2.05) is 24.3 Å². The molecular weight excluding hydrogens is 294 g/mol. The molecular formula is C17H21N3O3. The van der Waals surface area contributed by atoms with Crippen molar-refractivity contribution in [1.82, 2.24) is 5.32 Å². The number of carbonyl (C=O) groups excluding carboxylic acids is 2. The molecule has 2 rings (SSSR count). The number of anilines is 2. The van der Waals surface area contributed by atoms with Crippen LogP contribution in [0.1, 0.15) is 24.4 Å². The molecule has 0 fully saturated rings. The quantitative estimate of drug-likeness (QED) is 0.823. The van der Waals surface area contributed by atoms with E-state index in [9.17, 15) is 9.59 Å². The lowest BCUT2D eigenvalue weighted by Crippen LogP contribution is -2.32. The van der Waals surface area contributed by atoms with Crippen molar-refractivity contribution in [2.24, 2.45) is 0 Å². The highest BCUT2D eigenvalue weighted by Crippen LogP contribution is 2.17. The normalized spacial score (nSPS) is 10.2. The smallest absolute Gasteiger partial charge is 0.287 e. The van der Waals surface area contributed by atoms with Gasteiger partial charge >= 0.3 is 0 Å². The number of amides is 2. The van der Waals surface area contributed by atoms with Crippen LogP contribution in [0.5, 0.6) is 0 Å². The molecule has 2 N–H and O–H groups in total. The van der Waals surface area contributed by atoms with Gasteiger partial charge in [0, 0.05) is 24.5 Å². The Balaban J connectivity index is 1.84. The van der Waals surface area contributed by atoms with Crippen molar-refractivity contribution >= 4 is 23.2 Å². The number of hydrogen-bond acceptors (Lipinski definition) is 4. The summed E-state index contributed by atoms with van der Waals surface area (Å²) in [6, 6.07) is 10.8. The molecule has 6 heteroatoms. The molecule has 1 heterocycles. The van der Waals surface area contributed by atoms with Crippen molar-refractivity contribution < 1.29 is 14.0 Å². The first-order chi connectivity index (χ1) is 11.1. The summed E-state index contributed by atoms with van der Waals surface area (Å²) in [6.45, 7) is 5.95. The lowest BCUT2D eigenvalue weighted by molar-refractivity contribution is -0.115. The third-order valence-electron chi connectivity index (χ3n) is 3.43. The van der Waals surface area contributed by atoms with Gasteiger partial charge in [-0.25, -0.2) is 0 Å². The second-order valence-corrected chi connectivity index (χ2v) is 4.93. The first-order valence-electron chi connectivity index (χ1n) is 7.60. The maximum atomic E-state index is 11.9. The zero-order chi connectivity index (χ0) is 16.7. The molecule has 0 bridgehead atoms. The minimum Gasteiger partial charge on any atom is -0.459 e. The predicted octanol–water partition coefficient (Wildman–Crippen LogP) is 2.49. The number of carbonyl (C=O) groups is 2. The molecule has 1 aromatic heterocycles. The van der Waals surface area contributed by atoms with Crippen LogP contribution in [0.2, 0.25) is 0 Å². The highest BCUT2D eigenvalue weighted by atomic mass is 16.3. The van der Waals surface area contributed by atoms with Gasteiger partial charge in [-0.15, -0.1) is 0 Å². The summed E-state index contributed by atoms with van der Waals surface area (Å²) < 4.78 is 4.95. The van der Waals surface area contributed by atoms with Crippen molar-refractivity contribution in [3.63, 3.8) is 0 Å². The average molecular weight is 315 g/mol. The Labute approximate surface area is 135 Å². The summed E-state index contributed by atoms with van der Waals surface area (Å²) in [5, 5.41) is 5.24. The van der Waals surface area contributed by atoms with Crippen molar-refractivity contribution in [2.45, 2.75) is 13.8 Å². The number of nitrogens with one attached hydrogen (secondary N) is 2. The van der Waals surface area contributed by atoms with E-state index in [0.717, 1.165) is 18.8 Å². The van der Waals surface area contributed by atoms with Gasteiger partial charge in [-0.2, -0.15) is 0 Å². The van der Waals surface area contributed by atoms with E-state index >= 15 is 0 Å². The van der Waals surface area contributed by atoms with Crippen LogP contribution in [0.3, 0.4) is 0 Å². The first kappa shape index (κ1) is 16.6. The highest BCUT2D eigenvalue weighted by molar-refractivity contribution is 5.98. The van der Waals surface area contributed by atoms with Crippen LogP contribution >= 0.6 is 0 Å². The van der Waals surface area contributed by atoms with E-state index in [1.54, 1.807) is 12.1 Å². The molecule has 0 spiro atoms. The number of benzene rings is 1. The lowest BCUT2D eigenvalue weighted by Gasteiger charge is -2.21. The largest absolute Gasteiger partial charge is 0.459 e. The van der Waals surface area contributed by atoms with Gasteiger partial charge in [-0.1, -0.05) is 0 Å². The van der Waals surface area contributed by atoms with Crippen LogP contribution in [-0.2, 0) is 4.79 Å². The summed E-state index contributed by atoms with van der Waals surface area (Å²) in [5.41, 5.74) is 1.80. The van der Waals surface area contributed by atoms with Crippen molar-refractivity contribution in [3.8, 4) is 0 Å². The summed E-state index contributed by atoms with van der Waals surface area (Å²) in [6.07, 6.45) is 1.41. The van der Waals surface area contributed by atoms with Crippen LogP contribution in [-0.4, -0.2) is 31.4 Å². The molecule has 2 amide bonds. The number of nitrogens with zero attached hydrogens (tertiary/aromatic N) is 1. The third kappa shape index (κ3) is 4.60. The Bertz CT molecular complexity index is 632. The molecule has 0 unspecified atom stereocenters. The molecule has 0 aliphatic heterocycles. The zero-order valence-electron chi connectivity index (χ0n) is 13.3. The standard InChI is InChI=1S/C17H21N3O3/c1-3-20(4-2)14-9-7-13(8-10-14)19-16(21)12-18-17(22)15-6-5-11-23-15/h5-11H,3-4,12H2,1-2H3,(H,18,22)(H,19,21). The Kier molecular flexibility index (Phi) is 5.80. The highest BCUT2D eigenvalue weighted by Gasteiger charge is 2.10. The van der Waals surface area contributed by atoms with Crippen molar-refractivity contribution in [2.75, 3.05) is 29.9 Å². The van der Waals surface area contributed by atoms with Crippen LogP contribution < -0.4 is 15.5 Å². The minimum absolute atomic E-state index is 0.114. The molecule has 0 aliphatic carbocycles. The molecule has 0 aliphatic rings. The Hall–Kier alpha value is -2.76. The van der Waals surface area contributed by atoms with E-state index in [-0.39, 0.29) is 18.2 Å². The Morgan fingerprint density at radius 1 is 1.09 bits per heavy atom. The van der Waals surface area contributed by atoms with Gasteiger partial charge in [0.2, 0.25) is 5.91 Å². The SMILES string of the molecule is CCN(CC)c1ccc(NC(=O)CNC(=O)c2ccco2)cc1.